The van der Waals surface area contributed by atoms with E-state index in [0.717, 1.165) is 16.9 Å². The number of halogens is 1. The predicted octanol–water partition coefficient (Wildman–Crippen LogP) is 6.81. The molecule has 0 saturated carbocycles. The number of carbonyl (C=O) groups is 1. The third-order valence-electron chi connectivity index (χ3n) is 6.76. The highest BCUT2D eigenvalue weighted by Gasteiger charge is 2.42. The fourth-order valence-corrected chi connectivity index (χ4v) is 5.89. The maximum absolute atomic E-state index is 13.7. The Morgan fingerprint density at radius 3 is 2.54 bits per heavy atom. The van der Waals surface area contributed by atoms with Crippen LogP contribution in [0.3, 0.4) is 0 Å². The number of anilines is 2. The van der Waals surface area contributed by atoms with Crippen molar-refractivity contribution in [2.24, 2.45) is 5.92 Å². The summed E-state index contributed by atoms with van der Waals surface area (Å²) in [6.45, 7) is 8.32. The van der Waals surface area contributed by atoms with E-state index in [-0.39, 0.29) is 18.0 Å². The SMILES string of the molecule is Cc1cccc([C@H]2[C@H](C(=O)Nc3ccc(Cl)cc3)[C@@H](C)Nc3nc(SCc4ccc(C)cc4C)nn32)c1. The molecular formula is C29H30ClN5OS. The van der Waals surface area contributed by atoms with Crippen LogP contribution in [0.15, 0.2) is 71.9 Å². The summed E-state index contributed by atoms with van der Waals surface area (Å²) in [5, 5.41) is 12.7. The predicted molar refractivity (Wildman–Crippen MR) is 151 cm³/mol. The van der Waals surface area contributed by atoms with Gasteiger partial charge in [0.15, 0.2) is 0 Å². The van der Waals surface area contributed by atoms with Gasteiger partial charge in [-0.05, 0) is 68.7 Å². The number of carbonyl (C=O) groups excluding carboxylic acids is 1. The van der Waals surface area contributed by atoms with E-state index in [1.165, 1.54) is 16.7 Å². The zero-order valence-electron chi connectivity index (χ0n) is 21.3. The number of aromatic nitrogens is 3. The van der Waals surface area contributed by atoms with E-state index >= 15 is 0 Å². The highest BCUT2D eigenvalue weighted by molar-refractivity contribution is 7.98. The lowest BCUT2D eigenvalue weighted by atomic mass is 9.85. The lowest BCUT2D eigenvalue weighted by Gasteiger charge is -2.37. The molecule has 0 radical (unpaired) electrons. The summed E-state index contributed by atoms with van der Waals surface area (Å²) in [5.74, 6) is 0.960. The summed E-state index contributed by atoms with van der Waals surface area (Å²) in [6, 6.07) is 21.5. The van der Waals surface area contributed by atoms with Crippen molar-refractivity contribution in [2.75, 3.05) is 10.6 Å². The molecule has 0 spiro atoms. The Morgan fingerprint density at radius 2 is 1.81 bits per heavy atom. The van der Waals surface area contributed by atoms with Crippen LogP contribution in [0, 0.1) is 26.7 Å². The van der Waals surface area contributed by atoms with E-state index in [1.54, 1.807) is 23.9 Å². The maximum Gasteiger partial charge on any atom is 0.232 e. The van der Waals surface area contributed by atoms with E-state index in [1.807, 2.05) is 29.8 Å². The van der Waals surface area contributed by atoms with Crippen molar-refractivity contribution >= 4 is 40.9 Å². The average Bonchev–Trinajstić information content (AvgIpc) is 3.26. The summed E-state index contributed by atoms with van der Waals surface area (Å²) in [5.41, 5.74) is 6.65. The third-order valence-corrected chi connectivity index (χ3v) is 7.90. The lowest BCUT2D eigenvalue weighted by molar-refractivity contribution is -0.121. The molecule has 1 aliphatic rings. The Morgan fingerprint density at radius 1 is 1.05 bits per heavy atom. The molecular weight excluding hydrogens is 502 g/mol. The van der Waals surface area contributed by atoms with Crippen molar-refractivity contribution in [2.45, 2.75) is 50.7 Å². The number of thioether (sulfide) groups is 1. The molecule has 0 fully saturated rings. The molecule has 8 heteroatoms. The first kappa shape index (κ1) is 25.4. The topological polar surface area (TPSA) is 71.8 Å². The van der Waals surface area contributed by atoms with Gasteiger partial charge in [0.05, 0.1) is 12.0 Å². The van der Waals surface area contributed by atoms with E-state index in [2.05, 4.69) is 67.8 Å². The van der Waals surface area contributed by atoms with E-state index in [0.29, 0.717) is 21.8 Å². The molecule has 190 valence electrons. The molecule has 0 unspecified atom stereocenters. The second-order valence-electron chi connectivity index (χ2n) is 9.70. The molecule has 1 aliphatic heterocycles. The summed E-state index contributed by atoms with van der Waals surface area (Å²) in [7, 11) is 0. The van der Waals surface area contributed by atoms with Crippen LogP contribution in [0.5, 0.6) is 0 Å². The number of aryl methyl sites for hydroxylation is 3. The Hall–Kier alpha value is -3.29. The van der Waals surface area contributed by atoms with Crippen molar-refractivity contribution < 1.29 is 4.79 Å². The van der Waals surface area contributed by atoms with Crippen molar-refractivity contribution in [3.63, 3.8) is 0 Å². The van der Waals surface area contributed by atoms with Gasteiger partial charge in [-0.25, -0.2) is 4.68 Å². The molecule has 0 bridgehead atoms. The summed E-state index contributed by atoms with van der Waals surface area (Å²) < 4.78 is 1.88. The van der Waals surface area contributed by atoms with Gasteiger partial charge in [-0.15, -0.1) is 5.10 Å². The van der Waals surface area contributed by atoms with Crippen LogP contribution >= 0.6 is 23.4 Å². The quantitative estimate of drug-likeness (QED) is 0.267. The molecule has 2 heterocycles. The molecule has 2 N–H and O–H groups in total. The standard InChI is InChI=1S/C29H30ClN5OS/c1-17-6-5-7-21(15-17)26-25(27(36)32-24-12-10-23(30)11-13-24)20(4)31-28-33-29(34-35(26)28)37-16-22-9-8-18(2)14-19(22)3/h5-15,20,25-26H,16H2,1-4H3,(H,32,36)(H,31,33,34)/t20-,25-,26+/m1/s1. The molecule has 0 saturated heterocycles. The molecule has 3 aromatic carbocycles. The van der Waals surface area contributed by atoms with E-state index in [4.69, 9.17) is 21.7 Å². The number of fused-ring (bicyclic) bond motifs is 1. The molecule has 1 amide bonds. The fraction of sp³-hybridized carbons (Fsp3) is 0.276. The lowest BCUT2D eigenvalue weighted by Crippen LogP contribution is -2.46. The molecule has 0 aliphatic carbocycles. The van der Waals surface area contributed by atoms with Crippen LogP contribution in [0.1, 0.15) is 40.8 Å². The zero-order valence-corrected chi connectivity index (χ0v) is 22.9. The summed E-state index contributed by atoms with van der Waals surface area (Å²) >= 11 is 7.64. The zero-order chi connectivity index (χ0) is 26.1. The van der Waals surface area contributed by atoms with Gasteiger partial charge >= 0.3 is 0 Å². The van der Waals surface area contributed by atoms with Crippen molar-refractivity contribution in [3.05, 3.63) is 99.6 Å². The minimum atomic E-state index is -0.413. The molecule has 1 aromatic heterocycles. The highest BCUT2D eigenvalue weighted by Crippen LogP contribution is 2.38. The van der Waals surface area contributed by atoms with Gasteiger partial charge in [0.25, 0.3) is 0 Å². The Bertz CT molecular complexity index is 1430. The van der Waals surface area contributed by atoms with Crippen LogP contribution in [-0.4, -0.2) is 26.7 Å². The van der Waals surface area contributed by atoms with Crippen LogP contribution in [0.2, 0.25) is 5.02 Å². The van der Waals surface area contributed by atoms with Gasteiger partial charge in [0.1, 0.15) is 0 Å². The maximum atomic E-state index is 13.7. The normalized spacial score (nSPS) is 18.7. The molecule has 5 rings (SSSR count). The molecule has 6 nitrogen and oxygen atoms in total. The number of hydrogen-bond donors (Lipinski definition) is 2. The number of hydrogen-bond acceptors (Lipinski definition) is 5. The second-order valence-corrected chi connectivity index (χ2v) is 11.1. The summed E-state index contributed by atoms with van der Waals surface area (Å²) in [4.78, 5) is 18.5. The van der Waals surface area contributed by atoms with Gasteiger partial charge in [0.2, 0.25) is 17.0 Å². The number of nitrogens with zero attached hydrogens (tertiary/aromatic N) is 3. The largest absolute Gasteiger partial charge is 0.351 e. The number of rotatable bonds is 6. The molecule has 3 atom stereocenters. The van der Waals surface area contributed by atoms with Crippen LogP contribution in [0.4, 0.5) is 11.6 Å². The van der Waals surface area contributed by atoms with Crippen molar-refractivity contribution in [3.8, 4) is 0 Å². The Labute approximate surface area is 226 Å². The van der Waals surface area contributed by atoms with Gasteiger partial charge in [-0.1, -0.05) is 77.0 Å². The fourth-order valence-electron chi connectivity index (χ4n) is 4.86. The average molecular weight is 532 g/mol. The first-order valence-electron chi connectivity index (χ1n) is 12.3. The monoisotopic (exact) mass is 531 g/mol. The van der Waals surface area contributed by atoms with E-state index < -0.39 is 5.92 Å². The first-order valence-corrected chi connectivity index (χ1v) is 13.7. The number of nitrogens with one attached hydrogen (secondary N) is 2. The van der Waals surface area contributed by atoms with Crippen LogP contribution in [0.25, 0.3) is 0 Å². The van der Waals surface area contributed by atoms with E-state index in [9.17, 15) is 4.79 Å². The minimum Gasteiger partial charge on any atom is -0.351 e. The van der Waals surface area contributed by atoms with Gasteiger partial charge in [0, 0.05) is 22.5 Å². The minimum absolute atomic E-state index is 0.0838. The first-order chi connectivity index (χ1) is 17.8. The van der Waals surface area contributed by atoms with Crippen molar-refractivity contribution in [1.29, 1.82) is 0 Å². The molecule has 37 heavy (non-hydrogen) atoms. The summed E-state index contributed by atoms with van der Waals surface area (Å²) in [6.07, 6.45) is 0. The van der Waals surface area contributed by atoms with Gasteiger partial charge in [-0.3, -0.25) is 4.79 Å². The second kappa shape index (κ2) is 10.6. The van der Waals surface area contributed by atoms with Crippen LogP contribution in [-0.2, 0) is 10.5 Å². The van der Waals surface area contributed by atoms with Crippen LogP contribution < -0.4 is 10.6 Å². The molecule has 4 aromatic rings. The van der Waals surface area contributed by atoms with Gasteiger partial charge in [-0.2, -0.15) is 4.98 Å². The van der Waals surface area contributed by atoms with Gasteiger partial charge < -0.3 is 10.6 Å². The third kappa shape index (κ3) is 5.53. The highest BCUT2D eigenvalue weighted by atomic mass is 35.5. The Balaban J connectivity index is 1.47. The number of benzene rings is 3. The van der Waals surface area contributed by atoms with Crippen molar-refractivity contribution in [1.82, 2.24) is 14.8 Å². The number of amides is 1. The Kier molecular flexibility index (Phi) is 7.26. The smallest absolute Gasteiger partial charge is 0.232 e.